The van der Waals surface area contributed by atoms with Gasteiger partial charge in [0.05, 0.1) is 0 Å². The highest BCUT2D eigenvalue weighted by Gasteiger charge is 2.12. The molecule has 0 fully saturated rings. The summed E-state index contributed by atoms with van der Waals surface area (Å²) in [5.74, 6) is 0.915. The Morgan fingerprint density at radius 2 is 2.14 bits per heavy atom. The summed E-state index contributed by atoms with van der Waals surface area (Å²) in [4.78, 5) is 15.8. The Hall–Kier alpha value is -2.57. The Bertz CT molecular complexity index is 573. The van der Waals surface area contributed by atoms with Gasteiger partial charge in [0.15, 0.2) is 5.82 Å². The third kappa shape index (κ3) is 5.13. The Morgan fingerprint density at radius 3 is 2.71 bits per heavy atom. The zero-order valence-electron chi connectivity index (χ0n) is 12.2. The zero-order chi connectivity index (χ0) is 15.3. The molecule has 21 heavy (non-hydrogen) atoms. The van der Waals surface area contributed by atoms with E-state index in [4.69, 9.17) is 4.74 Å². The number of pyridine rings is 1. The fourth-order valence-corrected chi connectivity index (χ4v) is 1.51. The number of nitrogens with one attached hydrogen (secondary N) is 2. The molecule has 0 aromatic carbocycles. The maximum atomic E-state index is 11.6. The summed E-state index contributed by atoms with van der Waals surface area (Å²) in [6.45, 7) is 6.22. The maximum Gasteiger partial charge on any atom is 0.320 e. The van der Waals surface area contributed by atoms with E-state index >= 15 is 0 Å². The second-order valence-electron chi connectivity index (χ2n) is 5.41. The minimum Gasteiger partial charge on any atom is -0.472 e. The molecule has 0 aliphatic heterocycles. The monoisotopic (exact) mass is 290 g/mol. The molecule has 2 heterocycles. The highest BCUT2D eigenvalue weighted by Crippen LogP contribution is 2.15. The van der Waals surface area contributed by atoms with Gasteiger partial charge in [-0.25, -0.2) is 9.78 Å². The first-order valence-corrected chi connectivity index (χ1v) is 6.51. The first-order valence-electron chi connectivity index (χ1n) is 6.51. The number of aromatic nitrogens is 2. The minimum atomic E-state index is -0.362. The van der Waals surface area contributed by atoms with Crippen molar-refractivity contribution in [2.75, 3.05) is 5.32 Å². The predicted octanol–water partition coefficient (Wildman–Crippen LogP) is 2.57. The number of urea groups is 1. The predicted molar refractivity (Wildman–Crippen MR) is 77.0 cm³/mol. The van der Waals surface area contributed by atoms with Crippen LogP contribution in [0.2, 0.25) is 0 Å². The van der Waals surface area contributed by atoms with Crippen LogP contribution in [-0.4, -0.2) is 21.8 Å². The van der Waals surface area contributed by atoms with Crippen molar-refractivity contribution in [3.05, 3.63) is 36.2 Å². The first-order chi connectivity index (χ1) is 9.92. The van der Waals surface area contributed by atoms with Crippen molar-refractivity contribution in [3.63, 3.8) is 0 Å². The maximum absolute atomic E-state index is 11.6. The van der Waals surface area contributed by atoms with E-state index < -0.39 is 0 Å². The number of anilines is 1. The summed E-state index contributed by atoms with van der Waals surface area (Å²) in [6, 6.07) is 4.82. The van der Waals surface area contributed by atoms with Gasteiger partial charge in [0.1, 0.15) is 11.9 Å². The van der Waals surface area contributed by atoms with Crippen molar-refractivity contribution in [1.29, 1.82) is 0 Å². The highest BCUT2D eigenvalue weighted by atomic mass is 16.5. The van der Waals surface area contributed by atoms with E-state index in [0.29, 0.717) is 18.2 Å². The molecule has 0 saturated heterocycles. The van der Waals surface area contributed by atoms with Gasteiger partial charge in [0.25, 0.3) is 0 Å². The standard InChI is InChI=1S/C14H18N4O3/c1-14(2,3)21-12-5-4-10(8-15-12)9-16-13(19)17-11-6-7-20-18-11/h4-8H,9H2,1-3H3,(H2,16,17,18,19). The summed E-state index contributed by atoms with van der Waals surface area (Å²) in [5.41, 5.74) is 0.580. The Morgan fingerprint density at radius 1 is 1.33 bits per heavy atom. The second kappa shape index (κ2) is 6.25. The third-order valence-corrected chi connectivity index (χ3v) is 2.34. The van der Waals surface area contributed by atoms with Crippen LogP contribution in [0.15, 0.2) is 35.2 Å². The number of amides is 2. The molecule has 2 amide bonds. The van der Waals surface area contributed by atoms with Gasteiger partial charge in [-0.3, -0.25) is 5.32 Å². The lowest BCUT2D eigenvalue weighted by Crippen LogP contribution is -2.28. The van der Waals surface area contributed by atoms with Crippen LogP contribution in [-0.2, 0) is 6.54 Å². The minimum absolute atomic E-state index is 0.287. The zero-order valence-corrected chi connectivity index (χ0v) is 12.2. The van der Waals surface area contributed by atoms with Gasteiger partial charge < -0.3 is 14.6 Å². The third-order valence-electron chi connectivity index (χ3n) is 2.34. The lowest BCUT2D eigenvalue weighted by molar-refractivity contribution is 0.124. The van der Waals surface area contributed by atoms with Crippen molar-refractivity contribution in [1.82, 2.24) is 15.5 Å². The first kappa shape index (κ1) is 14.8. The fraction of sp³-hybridized carbons (Fsp3) is 0.357. The molecule has 0 spiro atoms. The molecular formula is C14H18N4O3. The number of rotatable bonds is 4. The van der Waals surface area contributed by atoms with Crippen LogP contribution in [0.5, 0.6) is 5.88 Å². The molecule has 2 N–H and O–H groups in total. The van der Waals surface area contributed by atoms with Crippen LogP contribution in [0.25, 0.3) is 0 Å². The number of nitrogens with zero attached hydrogens (tertiary/aromatic N) is 2. The van der Waals surface area contributed by atoms with Crippen molar-refractivity contribution >= 4 is 11.8 Å². The fourth-order valence-electron chi connectivity index (χ4n) is 1.51. The molecule has 112 valence electrons. The van der Waals surface area contributed by atoms with Gasteiger partial charge in [-0.05, 0) is 26.3 Å². The summed E-state index contributed by atoms with van der Waals surface area (Å²) in [6.07, 6.45) is 3.05. The lowest BCUT2D eigenvalue weighted by Gasteiger charge is -2.20. The number of hydrogen-bond acceptors (Lipinski definition) is 5. The molecule has 2 rings (SSSR count). The van der Waals surface area contributed by atoms with E-state index in [0.717, 1.165) is 5.56 Å². The number of hydrogen-bond donors (Lipinski definition) is 2. The van der Waals surface area contributed by atoms with E-state index in [1.807, 2.05) is 26.8 Å². The molecule has 0 aliphatic rings. The summed E-state index contributed by atoms with van der Waals surface area (Å²) >= 11 is 0. The molecule has 0 radical (unpaired) electrons. The van der Waals surface area contributed by atoms with E-state index in [1.165, 1.54) is 6.26 Å². The van der Waals surface area contributed by atoms with Crippen LogP contribution in [0.3, 0.4) is 0 Å². The molecule has 0 atom stereocenters. The Labute approximate surface area is 122 Å². The van der Waals surface area contributed by atoms with Crippen molar-refractivity contribution in [2.24, 2.45) is 0 Å². The van der Waals surface area contributed by atoms with Gasteiger partial charge in [-0.1, -0.05) is 11.2 Å². The average Bonchev–Trinajstić information content (AvgIpc) is 2.89. The van der Waals surface area contributed by atoms with Gasteiger partial charge >= 0.3 is 6.03 Å². The van der Waals surface area contributed by atoms with Gasteiger partial charge in [0, 0.05) is 24.9 Å². The molecule has 7 nitrogen and oxygen atoms in total. The number of carbonyl (C=O) groups is 1. The second-order valence-corrected chi connectivity index (χ2v) is 5.41. The molecule has 0 unspecified atom stereocenters. The summed E-state index contributed by atoms with van der Waals surface area (Å²) in [7, 11) is 0. The molecule has 0 aliphatic carbocycles. The normalized spacial score (nSPS) is 11.0. The van der Waals surface area contributed by atoms with Crippen LogP contribution in [0.1, 0.15) is 26.3 Å². The molecule has 0 bridgehead atoms. The Kier molecular flexibility index (Phi) is 4.42. The lowest BCUT2D eigenvalue weighted by atomic mass is 10.2. The largest absolute Gasteiger partial charge is 0.472 e. The molecule has 2 aromatic heterocycles. The summed E-state index contributed by atoms with van der Waals surface area (Å²) < 4.78 is 10.2. The van der Waals surface area contributed by atoms with E-state index in [2.05, 4.69) is 25.3 Å². The number of ether oxygens (including phenoxy) is 1. The quantitative estimate of drug-likeness (QED) is 0.903. The molecular weight excluding hydrogens is 272 g/mol. The van der Waals surface area contributed by atoms with Crippen LogP contribution < -0.4 is 15.4 Å². The van der Waals surface area contributed by atoms with Crippen molar-refractivity contribution < 1.29 is 14.1 Å². The van der Waals surface area contributed by atoms with Crippen molar-refractivity contribution in [2.45, 2.75) is 32.9 Å². The Balaban J connectivity index is 1.82. The van der Waals surface area contributed by atoms with Gasteiger partial charge in [-0.15, -0.1) is 0 Å². The van der Waals surface area contributed by atoms with Gasteiger partial charge in [-0.2, -0.15) is 0 Å². The van der Waals surface area contributed by atoms with Crippen molar-refractivity contribution in [3.8, 4) is 5.88 Å². The topological polar surface area (TPSA) is 89.3 Å². The number of carbonyl (C=O) groups excluding carboxylic acids is 1. The highest BCUT2D eigenvalue weighted by molar-refractivity contribution is 5.87. The molecule has 0 saturated carbocycles. The van der Waals surface area contributed by atoms with Crippen LogP contribution in [0.4, 0.5) is 10.6 Å². The average molecular weight is 290 g/mol. The summed E-state index contributed by atoms with van der Waals surface area (Å²) in [5, 5.41) is 8.81. The van der Waals surface area contributed by atoms with E-state index in [9.17, 15) is 4.79 Å². The van der Waals surface area contributed by atoms with E-state index in [1.54, 1.807) is 18.3 Å². The smallest absolute Gasteiger partial charge is 0.320 e. The molecule has 2 aromatic rings. The molecule has 7 heteroatoms. The van der Waals surface area contributed by atoms with E-state index in [-0.39, 0.29) is 11.6 Å². The van der Waals surface area contributed by atoms with Crippen LogP contribution >= 0.6 is 0 Å². The van der Waals surface area contributed by atoms with Gasteiger partial charge in [0.2, 0.25) is 5.88 Å². The SMILES string of the molecule is CC(C)(C)Oc1ccc(CNC(=O)Nc2ccon2)cn1. The van der Waals surface area contributed by atoms with Crippen LogP contribution in [0, 0.1) is 0 Å².